The van der Waals surface area contributed by atoms with Gasteiger partial charge in [-0.3, -0.25) is 0 Å². The highest BCUT2D eigenvalue weighted by molar-refractivity contribution is 7.89. The average molecular weight is 353 g/mol. The van der Waals surface area contributed by atoms with E-state index in [9.17, 15) is 8.42 Å². The fourth-order valence-electron chi connectivity index (χ4n) is 2.82. The lowest BCUT2D eigenvalue weighted by molar-refractivity contribution is 0.405. The van der Waals surface area contributed by atoms with Crippen LogP contribution in [0.4, 0.5) is 0 Å². The Morgan fingerprint density at radius 1 is 1.38 bits per heavy atom. The Morgan fingerprint density at radius 3 is 2.57 bits per heavy atom. The van der Waals surface area contributed by atoms with Gasteiger partial charge < -0.3 is 5.73 Å². The standard InChI is InChI=1S/C14H21ClN2O2S.ClH/c1-10-6-7-12(15)8-14(10)20(18,19)17-13(9-16)11-4-2-3-5-11;/h6-8,11,13,17H,2-5,9,16H2,1H3;1H. The molecule has 0 radical (unpaired) electrons. The van der Waals surface area contributed by atoms with Gasteiger partial charge >= 0.3 is 0 Å². The van der Waals surface area contributed by atoms with Crippen LogP contribution >= 0.6 is 24.0 Å². The highest BCUT2D eigenvalue weighted by atomic mass is 35.5. The minimum Gasteiger partial charge on any atom is -0.329 e. The van der Waals surface area contributed by atoms with Gasteiger partial charge in [0.15, 0.2) is 0 Å². The van der Waals surface area contributed by atoms with E-state index in [0.717, 1.165) is 25.7 Å². The van der Waals surface area contributed by atoms with Gasteiger partial charge in [-0.1, -0.05) is 30.5 Å². The molecule has 1 aliphatic rings. The highest BCUT2D eigenvalue weighted by Crippen LogP contribution is 2.28. The number of benzene rings is 1. The number of aryl methyl sites for hydroxylation is 1. The second-order valence-electron chi connectivity index (χ2n) is 5.42. The molecule has 0 aromatic heterocycles. The lowest BCUT2D eigenvalue weighted by Crippen LogP contribution is -2.44. The maximum atomic E-state index is 12.5. The summed E-state index contributed by atoms with van der Waals surface area (Å²) in [6, 6.07) is 4.69. The first-order valence-electron chi connectivity index (χ1n) is 6.92. The van der Waals surface area contributed by atoms with Crippen molar-refractivity contribution in [3.05, 3.63) is 28.8 Å². The van der Waals surface area contributed by atoms with E-state index in [1.807, 2.05) is 0 Å². The molecule has 1 aromatic rings. The SMILES string of the molecule is Cc1ccc(Cl)cc1S(=O)(=O)NC(CN)C1CCCC1.Cl. The van der Waals surface area contributed by atoms with Gasteiger partial charge in [-0.15, -0.1) is 12.4 Å². The number of rotatable bonds is 5. The Kier molecular flexibility index (Phi) is 6.94. The normalized spacial score (nSPS) is 17.5. The Morgan fingerprint density at radius 2 is 2.00 bits per heavy atom. The zero-order valence-corrected chi connectivity index (χ0v) is 14.4. The lowest BCUT2D eigenvalue weighted by Gasteiger charge is -2.23. The maximum absolute atomic E-state index is 12.5. The molecule has 1 saturated carbocycles. The van der Waals surface area contributed by atoms with Crippen molar-refractivity contribution >= 4 is 34.0 Å². The van der Waals surface area contributed by atoms with Crippen LogP contribution in [-0.4, -0.2) is 21.0 Å². The van der Waals surface area contributed by atoms with Crippen molar-refractivity contribution in [3.8, 4) is 0 Å². The molecule has 0 amide bonds. The van der Waals surface area contributed by atoms with Crippen LogP contribution in [-0.2, 0) is 10.0 Å². The van der Waals surface area contributed by atoms with Gasteiger partial charge in [0.1, 0.15) is 0 Å². The molecule has 1 atom stereocenters. The van der Waals surface area contributed by atoms with Crippen molar-refractivity contribution in [2.45, 2.75) is 43.5 Å². The first-order chi connectivity index (χ1) is 9.44. The van der Waals surface area contributed by atoms with Crippen LogP contribution in [0.2, 0.25) is 5.02 Å². The molecule has 0 heterocycles. The fourth-order valence-corrected chi connectivity index (χ4v) is 4.65. The summed E-state index contributed by atoms with van der Waals surface area (Å²) in [6.07, 6.45) is 4.38. The molecule has 3 N–H and O–H groups in total. The molecular formula is C14H22Cl2N2O2S. The van der Waals surface area contributed by atoms with E-state index in [1.54, 1.807) is 19.1 Å². The minimum atomic E-state index is -3.58. The molecule has 4 nitrogen and oxygen atoms in total. The molecule has 120 valence electrons. The first kappa shape index (κ1) is 18.7. The lowest BCUT2D eigenvalue weighted by atomic mass is 9.99. The first-order valence-corrected chi connectivity index (χ1v) is 8.78. The molecule has 2 rings (SSSR count). The van der Waals surface area contributed by atoms with Crippen molar-refractivity contribution in [2.75, 3.05) is 6.54 Å². The third-order valence-electron chi connectivity index (χ3n) is 3.97. The largest absolute Gasteiger partial charge is 0.329 e. The third kappa shape index (κ3) is 4.57. The summed E-state index contributed by atoms with van der Waals surface area (Å²) in [6.45, 7) is 2.08. The van der Waals surface area contributed by atoms with Gasteiger partial charge in [0.25, 0.3) is 0 Å². The van der Waals surface area contributed by atoms with Crippen molar-refractivity contribution in [1.82, 2.24) is 4.72 Å². The van der Waals surface area contributed by atoms with Gasteiger partial charge in [-0.05, 0) is 43.4 Å². The smallest absolute Gasteiger partial charge is 0.241 e. The molecule has 0 aliphatic heterocycles. The Bertz CT molecular complexity index is 572. The molecule has 1 aliphatic carbocycles. The molecule has 21 heavy (non-hydrogen) atoms. The monoisotopic (exact) mass is 352 g/mol. The zero-order chi connectivity index (χ0) is 14.8. The van der Waals surface area contributed by atoms with Gasteiger partial charge in [-0.25, -0.2) is 13.1 Å². The van der Waals surface area contributed by atoms with Crippen molar-refractivity contribution in [1.29, 1.82) is 0 Å². The Balaban J connectivity index is 0.00000220. The van der Waals surface area contributed by atoms with Gasteiger partial charge in [0, 0.05) is 17.6 Å². The van der Waals surface area contributed by atoms with Crippen LogP contribution in [0, 0.1) is 12.8 Å². The summed E-state index contributed by atoms with van der Waals surface area (Å²) in [4.78, 5) is 0.237. The van der Waals surface area contributed by atoms with E-state index in [1.165, 1.54) is 6.07 Å². The summed E-state index contributed by atoms with van der Waals surface area (Å²) < 4.78 is 27.8. The van der Waals surface area contributed by atoms with Crippen LogP contribution in [0.5, 0.6) is 0 Å². The van der Waals surface area contributed by atoms with Gasteiger partial charge in [0.2, 0.25) is 10.0 Å². The van der Waals surface area contributed by atoms with E-state index in [4.69, 9.17) is 17.3 Å². The van der Waals surface area contributed by atoms with Crippen molar-refractivity contribution < 1.29 is 8.42 Å². The van der Waals surface area contributed by atoms with Crippen molar-refractivity contribution in [3.63, 3.8) is 0 Å². The Labute approximate surface area is 137 Å². The topological polar surface area (TPSA) is 72.2 Å². The average Bonchev–Trinajstić information content (AvgIpc) is 2.92. The molecule has 0 saturated heterocycles. The molecule has 1 aromatic carbocycles. The second-order valence-corrected chi connectivity index (χ2v) is 7.54. The van der Waals surface area contributed by atoms with Crippen molar-refractivity contribution in [2.24, 2.45) is 11.7 Å². The summed E-state index contributed by atoms with van der Waals surface area (Å²) >= 11 is 5.90. The third-order valence-corrected chi connectivity index (χ3v) is 5.84. The zero-order valence-electron chi connectivity index (χ0n) is 12.0. The van der Waals surface area contributed by atoms with Gasteiger partial charge in [0.05, 0.1) is 4.90 Å². The summed E-state index contributed by atoms with van der Waals surface area (Å²) in [7, 11) is -3.58. The fraction of sp³-hybridized carbons (Fsp3) is 0.571. The molecule has 0 spiro atoms. The van der Waals surface area contributed by atoms with E-state index < -0.39 is 10.0 Å². The van der Waals surface area contributed by atoms with E-state index in [0.29, 0.717) is 23.0 Å². The number of nitrogens with two attached hydrogens (primary N) is 1. The quantitative estimate of drug-likeness (QED) is 0.855. The number of halogens is 2. The predicted octanol–water partition coefficient (Wildman–Crippen LogP) is 2.87. The van der Waals surface area contributed by atoms with Crippen LogP contribution in [0.15, 0.2) is 23.1 Å². The van der Waals surface area contributed by atoms with E-state index in [2.05, 4.69) is 4.72 Å². The van der Waals surface area contributed by atoms with Crippen LogP contribution in [0.3, 0.4) is 0 Å². The molecular weight excluding hydrogens is 331 g/mol. The number of sulfonamides is 1. The predicted molar refractivity (Wildman–Crippen MR) is 88.6 cm³/mol. The Hall–Kier alpha value is -0.330. The highest BCUT2D eigenvalue weighted by Gasteiger charge is 2.29. The summed E-state index contributed by atoms with van der Waals surface area (Å²) in [5.74, 6) is 0.342. The summed E-state index contributed by atoms with van der Waals surface area (Å²) in [5.41, 5.74) is 6.44. The molecule has 7 heteroatoms. The van der Waals surface area contributed by atoms with Gasteiger partial charge in [-0.2, -0.15) is 0 Å². The molecule has 1 fully saturated rings. The van der Waals surface area contributed by atoms with Crippen LogP contribution in [0.1, 0.15) is 31.2 Å². The van der Waals surface area contributed by atoms with Crippen LogP contribution < -0.4 is 10.5 Å². The van der Waals surface area contributed by atoms with E-state index in [-0.39, 0.29) is 23.3 Å². The summed E-state index contributed by atoms with van der Waals surface area (Å²) in [5, 5.41) is 0.418. The number of nitrogens with one attached hydrogen (secondary N) is 1. The molecule has 0 bridgehead atoms. The molecule has 1 unspecified atom stereocenters. The maximum Gasteiger partial charge on any atom is 0.241 e. The second kappa shape index (κ2) is 7.79. The number of hydrogen-bond donors (Lipinski definition) is 2. The number of hydrogen-bond acceptors (Lipinski definition) is 3. The minimum absolute atomic E-state index is 0. The van der Waals surface area contributed by atoms with Crippen LogP contribution in [0.25, 0.3) is 0 Å². The van der Waals surface area contributed by atoms with E-state index >= 15 is 0 Å².